The van der Waals surface area contributed by atoms with Crippen molar-refractivity contribution in [2.24, 2.45) is 0 Å². The van der Waals surface area contributed by atoms with Crippen LogP contribution in [0.15, 0.2) is 42.4 Å². The van der Waals surface area contributed by atoms with Gasteiger partial charge < -0.3 is 19.0 Å². The topological polar surface area (TPSA) is 83.8 Å². The van der Waals surface area contributed by atoms with Gasteiger partial charge in [-0.3, -0.25) is 4.79 Å². The van der Waals surface area contributed by atoms with E-state index in [4.69, 9.17) is 13.9 Å². The van der Waals surface area contributed by atoms with E-state index in [-0.39, 0.29) is 23.5 Å². The average molecular weight is 351 g/mol. The van der Waals surface area contributed by atoms with E-state index >= 15 is 0 Å². The predicted molar refractivity (Wildman–Crippen MR) is 80.2 cm³/mol. The summed E-state index contributed by atoms with van der Waals surface area (Å²) in [6, 6.07) is 6.53. The van der Waals surface area contributed by atoms with Gasteiger partial charge in [0.25, 0.3) is 0 Å². The van der Waals surface area contributed by atoms with Gasteiger partial charge in [-0.15, -0.1) is 0 Å². The minimum atomic E-state index is -0.530. The lowest BCUT2D eigenvalue weighted by atomic mass is 10.1. The Morgan fingerprint density at radius 1 is 1.24 bits per heavy atom. The summed E-state index contributed by atoms with van der Waals surface area (Å²) in [6.45, 7) is 1.57. The van der Waals surface area contributed by atoms with Crippen molar-refractivity contribution < 1.29 is 19.0 Å². The SMILES string of the molecule is Cc1cc(Br)c2oc(-c3ccc(CO)o3)c(O)c(=O)c2c1. The third kappa shape index (κ3) is 2.26. The fraction of sp³-hybridized carbons (Fsp3) is 0.133. The number of fused-ring (bicyclic) bond motifs is 1. The first-order chi connectivity index (χ1) is 10.0. The van der Waals surface area contributed by atoms with Crippen molar-refractivity contribution in [3.05, 3.63) is 50.3 Å². The van der Waals surface area contributed by atoms with Gasteiger partial charge in [0.05, 0.1) is 9.86 Å². The highest BCUT2D eigenvalue weighted by Crippen LogP contribution is 2.34. The summed E-state index contributed by atoms with van der Waals surface area (Å²) in [4.78, 5) is 12.3. The number of furan rings is 1. The number of aliphatic hydroxyl groups is 1. The second-order valence-electron chi connectivity index (χ2n) is 4.66. The van der Waals surface area contributed by atoms with Gasteiger partial charge in [-0.2, -0.15) is 0 Å². The number of halogens is 1. The molecular weight excluding hydrogens is 340 g/mol. The number of aromatic hydroxyl groups is 1. The summed E-state index contributed by atoms with van der Waals surface area (Å²) < 4.78 is 11.6. The smallest absolute Gasteiger partial charge is 0.235 e. The van der Waals surface area contributed by atoms with E-state index in [1.165, 1.54) is 6.07 Å². The van der Waals surface area contributed by atoms with Crippen LogP contribution in [0.5, 0.6) is 5.75 Å². The van der Waals surface area contributed by atoms with E-state index in [2.05, 4.69) is 15.9 Å². The highest BCUT2D eigenvalue weighted by atomic mass is 79.9. The molecule has 3 aromatic rings. The van der Waals surface area contributed by atoms with E-state index in [1.807, 2.05) is 13.0 Å². The Bertz CT molecular complexity index is 891. The van der Waals surface area contributed by atoms with E-state index in [0.29, 0.717) is 15.8 Å². The zero-order chi connectivity index (χ0) is 15.1. The fourth-order valence-corrected chi connectivity index (χ4v) is 2.79. The number of aliphatic hydroxyl groups excluding tert-OH is 1. The Morgan fingerprint density at radius 2 is 2.00 bits per heavy atom. The molecule has 0 saturated heterocycles. The van der Waals surface area contributed by atoms with Gasteiger partial charge in [-0.25, -0.2) is 0 Å². The van der Waals surface area contributed by atoms with Crippen LogP contribution in [0.3, 0.4) is 0 Å². The van der Waals surface area contributed by atoms with Crippen molar-refractivity contribution in [3.63, 3.8) is 0 Å². The summed E-state index contributed by atoms with van der Waals surface area (Å²) in [5, 5.41) is 19.4. The van der Waals surface area contributed by atoms with E-state index in [0.717, 1.165) is 5.56 Å². The molecule has 3 rings (SSSR count). The number of aryl methyl sites for hydroxylation is 1. The zero-order valence-electron chi connectivity index (χ0n) is 11.0. The van der Waals surface area contributed by atoms with Gasteiger partial charge in [-0.1, -0.05) is 0 Å². The molecule has 5 nitrogen and oxygen atoms in total. The first-order valence-corrected chi connectivity index (χ1v) is 6.96. The third-order valence-corrected chi connectivity index (χ3v) is 3.70. The summed E-state index contributed by atoms with van der Waals surface area (Å²) >= 11 is 3.35. The fourth-order valence-electron chi connectivity index (χ4n) is 2.13. The number of hydrogen-bond acceptors (Lipinski definition) is 5. The molecule has 0 fully saturated rings. The molecule has 0 spiro atoms. The first-order valence-electron chi connectivity index (χ1n) is 6.17. The lowest BCUT2D eigenvalue weighted by Crippen LogP contribution is -2.03. The van der Waals surface area contributed by atoms with Crippen molar-refractivity contribution in [2.75, 3.05) is 0 Å². The normalized spacial score (nSPS) is 11.2. The minimum absolute atomic E-state index is 0.0586. The van der Waals surface area contributed by atoms with Crippen molar-refractivity contribution in [1.82, 2.24) is 0 Å². The predicted octanol–water partition coefficient (Wildman–Crippen LogP) is 3.32. The van der Waals surface area contributed by atoms with Gasteiger partial charge in [0, 0.05) is 0 Å². The van der Waals surface area contributed by atoms with Gasteiger partial charge in [0.2, 0.25) is 16.9 Å². The first kappa shape index (κ1) is 13.9. The molecule has 108 valence electrons. The molecule has 0 unspecified atom stereocenters. The highest BCUT2D eigenvalue weighted by Gasteiger charge is 2.19. The molecule has 0 aliphatic rings. The molecule has 6 heteroatoms. The Balaban J connectivity index is 2.34. The van der Waals surface area contributed by atoms with Crippen LogP contribution in [0.4, 0.5) is 0 Å². The van der Waals surface area contributed by atoms with Gasteiger partial charge in [0.1, 0.15) is 12.4 Å². The molecule has 0 aliphatic heterocycles. The molecule has 0 radical (unpaired) electrons. The molecule has 0 amide bonds. The molecular formula is C15H11BrO5. The largest absolute Gasteiger partial charge is 0.501 e. The van der Waals surface area contributed by atoms with Crippen molar-refractivity contribution in [2.45, 2.75) is 13.5 Å². The van der Waals surface area contributed by atoms with Crippen LogP contribution >= 0.6 is 15.9 Å². The molecule has 1 aromatic carbocycles. The number of rotatable bonds is 2. The molecule has 0 atom stereocenters. The van der Waals surface area contributed by atoms with Crippen LogP contribution in [0.1, 0.15) is 11.3 Å². The maximum Gasteiger partial charge on any atom is 0.235 e. The van der Waals surface area contributed by atoms with Crippen LogP contribution < -0.4 is 5.43 Å². The highest BCUT2D eigenvalue weighted by molar-refractivity contribution is 9.10. The van der Waals surface area contributed by atoms with E-state index in [1.54, 1.807) is 12.1 Å². The Hall–Kier alpha value is -2.05. The van der Waals surface area contributed by atoms with Crippen molar-refractivity contribution >= 4 is 26.9 Å². The second kappa shape index (κ2) is 5.05. The van der Waals surface area contributed by atoms with E-state index in [9.17, 15) is 9.90 Å². The van der Waals surface area contributed by atoms with Gasteiger partial charge in [0.15, 0.2) is 11.3 Å². The zero-order valence-corrected chi connectivity index (χ0v) is 12.6. The average Bonchev–Trinajstić information content (AvgIpc) is 2.92. The number of hydrogen-bond donors (Lipinski definition) is 2. The van der Waals surface area contributed by atoms with Gasteiger partial charge in [-0.05, 0) is 52.7 Å². The van der Waals surface area contributed by atoms with Gasteiger partial charge >= 0.3 is 0 Å². The van der Waals surface area contributed by atoms with Crippen LogP contribution in [0, 0.1) is 6.92 Å². The minimum Gasteiger partial charge on any atom is -0.501 e. The van der Waals surface area contributed by atoms with E-state index < -0.39 is 11.2 Å². The lowest BCUT2D eigenvalue weighted by molar-refractivity contribution is 0.248. The molecule has 2 heterocycles. The third-order valence-electron chi connectivity index (χ3n) is 3.11. The Morgan fingerprint density at radius 3 is 2.67 bits per heavy atom. The summed E-state index contributed by atoms with van der Waals surface area (Å²) in [5.74, 6) is -0.0752. The molecule has 2 N–H and O–H groups in total. The van der Waals surface area contributed by atoms with Crippen molar-refractivity contribution in [3.8, 4) is 17.3 Å². The molecule has 0 bridgehead atoms. The maximum absolute atomic E-state index is 12.3. The molecule has 0 aliphatic carbocycles. The van der Waals surface area contributed by atoms with Crippen LogP contribution in [0.25, 0.3) is 22.5 Å². The Labute approximate surface area is 127 Å². The lowest BCUT2D eigenvalue weighted by Gasteiger charge is -2.06. The molecule has 2 aromatic heterocycles. The monoisotopic (exact) mass is 350 g/mol. The van der Waals surface area contributed by atoms with Crippen LogP contribution in [-0.2, 0) is 6.61 Å². The molecule has 21 heavy (non-hydrogen) atoms. The van der Waals surface area contributed by atoms with Crippen LogP contribution in [-0.4, -0.2) is 10.2 Å². The summed E-state index contributed by atoms with van der Waals surface area (Å²) in [5.41, 5.74) is 0.673. The summed E-state index contributed by atoms with van der Waals surface area (Å²) in [6.07, 6.45) is 0. The standard InChI is InChI=1S/C15H11BrO5/c1-7-4-9-12(18)13(19)15(21-14(9)10(16)5-7)11-3-2-8(6-17)20-11/h2-5,17,19H,6H2,1H3. The van der Waals surface area contributed by atoms with Crippen molar-refractivity contribution in [1.29, 1.82) is 0 Å². The number of benzene rings is 1. The summed E-state index contributed by atoms with van der Waals surface area (Å²) in [7, 11) is 0. The quantitative estimate of drug-likeness (QED) is 0.740. The molecule has 0 saturated carbocycles. The Kier molecular flexibility index (Phi) is 3.35. The maximum atomic E-state index is 12.3. The second-order valence-corrected chi connectivity index (χ2v) is 5.51. The van der Waals surface area contributed by atoms with Crippen LogP contribution in [0.2, 0.25) is 0 Å².